The van der Waals surface area contributed by atoms with Crippen molar-refractivity contribution in [1.82, 2.24) is 0 Å². The molecule has 21 heavy (non-hydrogen) atoms. The van der Waals surface area contributed by atoms with Crippen molar-refractivity contribution in [3.8, 4) is 11.5 Å². The van der Waals surface area contributed by atoms with Gasteiger partial charge < -0.3 is 9.47 Å². The maximum atomic E-state index is 12.3. The van der Waals surface area contributed by atoms with Gasteiger partial charge in [-0.3, -0.25) is 4.79 Å². The second-order valence-electron chi connectivity index (χ2n) is 5.22. The zero-order valence-corrected chi connectivity index (χ0v) is 11.8. The molecule has 0 saturated carbocycles. The highest BCUT2D eigenvalue weighted by Gasteiger charge is 2.22. The van der Waals surface area contributed by atoms with Crippen molar-refractivity contribution in [1.29, 1.82) is 0 Å². The normalized spacial score (nSPS) is 18.2. The number of para-hydroxylation sites is 1. The first kappa shape index (κ1) is 13.8. The first-order valence-corrected chi connectivity index (χ1v) is 7.28. The van der Waals surface area contributed by atoms with E-state index >= 15 is 0 Å². The first-order valence-electron chi connectivity index (χ1n) is 7.28. The topological polar surface area (TPSA) is 35.5 Å². The predicted octanol–water partition coefficient (Wildman–Crippen LogP) is 4.09. The van der Waals surface area contributed by atoms with E-state index in [4.69, 9.17) is 9.47 Å². The molecule has 1 aliphatic rings. The zero-order chi connectivity index (χ0) is 14.5. The van der Waals surface area contributed by atoms with Crippen LogP contribution in [0.25, 0.3) is 0 Å². The van der Waals surface area contributed by atoms with Crippen LogP contribution >= 0.6 is 0 Å². The minimum atomic E-state index is -0.000332. The van der Waals surface area contributed by atoms with Crippen molar-refractivity contribution in [3.05, 3.63) is 60.2 Å². The lowest BCUT2D eigenvalue weighted by atomic mass is 9.93. The molecule has 0 amide bonds. The third kappa shape index (κ3) is 3.50. The van der Waals surface area contributed by atoms with Crippen LogP contribution in [0.3, 0.4) is 0 Å². The van der Waals surface area contributed by atoms with Gasteiger partial charge in [-0.15, -0.1) is 0 Å². The Kier molecular flexibility index (Phi) is 4.31. The van der Waals surface area contributed by atoms with Gasteiger partial charge in [0.05, 0.1) is 6.61 Å². The van der Waals surface area contributed by atoms with Crippen LogP contribution in [-0.4, -0.2) is 19.0 Å². The summed E-state index contributed by atoms with van der Waals surface area (Å²) in [5.41, 5.74) is 0.728. The molecule has 3 rings (SSSR count). The van der Waals surface area contributed by atoms with E-state index in [0.717, 1.165) is 36.5 Å². The van der Waals surface area contributed by atoms with E-state index in [1.165, 1.54) is 0 Å². The van der Waals surface area contributed by atoms with Crippen LogP contribution in [0.15, 0.2) is 54.6 Å². The van der Waals surface area contributed by atoms with Crippen LogP contribution in [0.1, 0.15) is 23.2 Å². The highest BCUT2D eigenvalue weighted by atomic mass is 16.5. The Balaban J connectivity index is 1.67. The van der Waals surface area contributed by atoms with E-state index in [1.54, 1.807) is 0 Å². The van der Waals surface area contributed by atoms with Crippen LogP contribution in [0.4, 0.5) is 0 Å². The largest absolute Gasteiger partial charge is 0.457 e. The van der Waals surface area contributed by atoms with E-state index in [2.05, 4.69) is 0 Å². The van der Waals surface area contributed by atoms with Crippen molar-refractivity contribution in [2.45, 2.75) is 12.8 Å². The summed E-state index contributed by atoms with van der Waals surface area (Å²) in [4.78, 5) is 12.3. The summed E-state index contributed by atoms with van der Waals surface area (Å²) in [6.07, 6.45) is 1.88. The Morgan fingerprint density at radius 3 is 2.38 bits per heavy atom. The molecule has 3 nitrogen and oxygen atoms in total. The van der Waals surface area contributed by atoms with Crippen LogP contribution in [0.5, 0.6) is 11.5 Å². The number of ketones is 1. The molecule has 1 heterocycles. The van der Waals surface area contributed by atoms with Crippen LogP contribution in [0.2, 0.25) is 0 Å². The molecule has 1 unspecified atom stereocenters. The lowest BCUT2D eigenvalue weighted by Gasteiger charge is -2.20. The average Bonchev–Trinajstić information content (AvgIpc) is 2.57. The lowest BCUT2D eigenvalue weighted by Crippen LogP contribution is -2.25. The molecule has 0 aromatic heterocycles. The number of benzene rings is 2. The molecule has 0 aliphatic carbocycles. The van der Waals surface area contributed by atoms with E-state index in [1.807, 2.05) is 54.6 Å². The fourth-order valence-electron chi connectivity index (χ4n) is 2.50. The number of hydrogen-bond donors (Lipinski definition) is 0. The SMILES string of the molecule is O=C(c1ccc(Oc2ccccc2)cc1)C1CCCOC1. The number of Topliss-reactive ketones (excluding diaryl/α,β-unsaturated/α-hetero) is 1. The summed E-state index contributed by atoms with van der Waals surface area (Å²) in [5.74, 6) is 1.69. The smallest absolute Gasteiger partial charge is 0.168 e. The Bertz CT molecular complexity index is 584. The molecule has 1 atom stereocenters. The first-order chi connectivity index (χ1) is 10.3. The van der Waals surface area contributed by atoms with Crippen LogP contribution in [0, 0.1) is 5.92 Å². The van der Waals surface area contributed by atoms with Crippen molar-refractivity contribution < 1.29 is 14.3 Å². The quantitative estimate of drug-likeness (QED) is 0.792. The summed E-state index contributed by atoms with van der Waals surface area (Å²) < 4.78 is 11.1. The molecular formula is C18H18O3. The molecule has 0 N–H and O–H groups in total. The van der Waals surface area contributed by atoms with Gasteiger partial charge >= 0.3 is 0 Å². The van der Waals surface area contributed by atoms with Gasteiger partial charge in [-0.05, 0) is 49.2 Å². The van der Waals surface area contributed by atoms with Crippen molar-refractivity contribution in [2.75, 3.05) is 13.2 Å². The number of carbonyl (C=O) groups excluding carboxylic acids is 1. The zero-order valence-electron chi connectivity index (χ0n) is 11.8. The molecule has 1 aliphatic heterocycles. The highest BCUT2D eigenvalue weighted by molar-refractivity contribution is 5.98. The molecule has 2 aromatic rings. The number of ether oxygens (including phenoxy) is 2. The van der Waals surface area contributed by atoms with Crippen molar-refractivity contribution in [2.24, 2.45) is 5.92 Å². The van der Waals surface area contributed by atoms with Gasteiger partial charge in [0, 0.05) is 18.1 Å². The van der Waals surface area contributed by atoms with Crippen molar-refractivity contribution >= 4 is 5.78 Å². The number of rotatable bonds is 4. The monoisotopic (exact) mass is 282 g/mol. The summed E-state index contributed by atoms with van der Waals surface area (Å²) in [6.45, 7) is 1.31. The second-order valence-corrected chi connectivity index (χ2v) is 5.22. The van der Waals surface area contributed by atoms with Gasteiger partial charge in [0.15, 0.2) is 5.78 Å². The Morgan fingerprint density at radius 2 is 1.71 bits per heavy atom. The molecule has 108 valence electrons. The highest BCUT2D eigenvalue weighted by Crippen LogP contribution is 2.23. The molecule has 0 bridgehead atoms. The van der Waals surface area contributed by atoms with Gasteiger partial charge in [0.1, 0.15) is 11.5 Å². The van der Waals surface area contributed by atoms with Gasteiger partial charge in [0.2, 0.25) is 0 Å². The van der Waals surface area contributed by atoms with E-state index < -0.39 is 0 Å². The molecule has 2 aromatic carbocycles. The third-order valence-corrected chi connectivity index (χ3v) is 3.65. The molecule has 3 heteroatoms. The maximum absolute atomic E-state index is 12.3. The second kappa shape index (κ2) is 6.55. The molecule has 0 spiro atoms. The van der Waals surface area contributed by atoms with E-state index in [-0.39, 0.29) is 11.7 Å². The van der Waals surface area contributed by atoms with Crippen LogP contribution < -0.4 is 4.74 Å². The van der Waals surface area contributed by atoms with E-state index in [9.17, 15) is 4.79 Å². The standard InChI is InChI=1S/C18H18O3/c19-18(15-5-4-12-20-13-15)14-8-10-17(11-9-14)21-16-6-2-1-3-7-16/h1-3,6-11,15H,4-5,12-13H2. The van der Waals surface area contributed by atoms with Crippen LogP contribution in [-0.2, 0) is 4.74 Å². The number of hydrogen-bond acceptors (Lipinski definition) is 3. The van der Waals surface area contributed by atoms with Gasteiger partial charge in [-0.25, -0.2) is 0 Å². The van der Waals surface area contributed by atoms with Crippen molar-refractivity contribution in [3.63, 3.8) is 0 Å². The summed E-state index contributed by atoms with van der Waals surface area (Å²) >= 11 is 0. The van der Waals surface area contributed by atoms with Gasteiger partial charge in [-0.2, -0.15) is 0 Å². The summed E-state index contributed by atoms with van der Waals surface area (Å²) in [5, 5.41) is 0. The van der Waals surface area contributed by atoms with E-state index in [0.29, 0.717) is 6.61 Å². The predicted molar refractivity (Wildman–Crippen MR) is 80.8 cm³/mol. The minimum Gasteiger partial charge on any atom is -0.457 e. The Morgan fingerprint density at radius 1 is 1.00 bits per heavy atom. The minimum absolute atomic E-state index is 0.000332. The Hall–Kier alpha value is -2.13. The molecule has 1 saturated heterocycles. The number of carbonyl (C=O) groups is 1. The fraction of sp³-hybridized carbons (Fsp3) is 0.278. The molecule has 1 fully saturated rings. The fourth-order valence-corrected chi connectivity index (χ4v) is 2.50. The molecule has 0 radical (unpaired) electrons. The van der Waals surface area contributed by atoms with Gasteiger partial charge in [-0.1, -0.05) is 18.2 Å². The summed E-state index contributed by atoms with van der Waals surface area (Å²) in [6, 6.07) is 16.9. The lowest BCUT2D eigenvalue weighted by molar-refractivity contribution is 0.0461. The summed E-state index contributed by atoms with van der Waals surface area (Å²) in [7, 11) is 0. The third-order valence-electron chi connectivity index (χ3n) is 3.65. The van der Waals surface area contributed by atoms with Gasteiger partial charge in [0.25, 0.3) is 0 Å². The Labute approximate surface area is 124 Å². The maximum Gasteiger partial charge on any atom is 0.168 e. The molecular weight excluding hydrogens is 264 g/mol. The average molecular weight is 282 g/mol.